The quantitative estimate of drug-likeness (QED) is 0.121. The van der Waals surface area contributed by atoms with Crippen molar-refractivity contribution in [3.63, 3.8) is 0 Å². The number of nitrogens with zero attached hydrogens (tertiary/aromatic N) is 1. The van der Waals surface area contributed by atoms with Gasteiger partial charge in [-0.25, -0.2) is 0 Å². The van der Waals surface area contributed by atoms with E-state index in [9.17, 15) is 4.79 Å². The van der Waals surface area contributed by atoms with Gasteiger partial charge in [-0.3, -0.25) is 4.79 Å². The van der Waals surface area contributed by atoms with E-state index >= 15 is 0 Å². The molecule has 0 unspecified atom stereocenters. The maximum Gasteiger partial charge on any atom is 0.305 e. The molecule has 1 heterocycles. The van der Waals surface area contributed by atoms with Crippen molar-refractivity contribution in [3.05, 3.63) is 18.6 Å². The maximum atomic E-state index is 11.7. The molecule has 1 saturated heterocycles. The molecule has 0 N–H and O–H groups in total. The first kappa shape index (κ1) is 26.2. The van der Waals surface area contributed by atoms with Gasteiger partial charge in [-0.05, 0) is 71.0 Å². The van der Waals surface area contributed by atoms with E-state index in [1.807, 2.05) is 0 Å². The van der Waals surface area contributed by atoms with Crippen LogP contribution in [-0.4, -0.2) is 37.1 Å². The summed E-state index contributed by atoms with van der Waals surface area (Å²) >= 11 is 0. The molecule has 1 rings (SSSR count). The summed E-state index contributed by atoms with van der Waals surface area (Å²) in [7, 11) is 0. The number of carbonyl (C=O) groups excluding carboxylic acids is 1. The monoisotopic (exact) mass is 406 g/mol. The van der Waals surface area contributed by atoms with Crippen LogP contribution in [0.5, 0.6) is 0 Å². The number of rotatable bonds is 20. The number of ether oxygens (including phenoxy) is 1. The summed E-state index contributed by atoms with van der Waals surface area (Å²) in [6.07, 6.45) is 27.8. The number of unbranched alkanes of at least 4 members (excludes halogenated alkanes) is 12. The molecule has 169 valence electrons. The van der Waals surface area contributed by atoms with E-state index in [1.165, 1.54) is 96.6 Å². The normalized spacial score (nSPS) is 14.8. The van der Waals surface area contributed by atoms with Gasteiger partial charge in [0.2, 0.25) is 0 Å². The molecule has 1 fully saturated rings. The van der Waals surface area contributed by atoms with Gasteiger partial charge in [-0.1, -0.05) is 70.4 Å². The van der Waals surface area contributed by atoms with Crippen molar-refractivity contribution in [2.24, 2.45) is 0 Å². The fraction of sp³-hybridized carbons (Fsp3) is 0.846. The highest BCUT2D eigenvalue weighted by Crippen LogP contribution is 2.11. The Hall–Kier alpha value is -0.830. The number of likely N-dealkylation sites (tertiary alicyclic amines) is 1. The molecule has 0 atom stereocenters. The molecular formula is C26H48NO2. The third-order valence-corrected chi connectivity index (χ3v) is 5.85. The third kappa shape index (κ3) is 17.7. The Bertz CT molecular complexity index is 388. The Labute approximate surface area is 181 Å². The smallest absolute Gasteiger partial charge is 0.305 e. The lowest BCUT2D eigenvalue weighted by Crippen LogP contribution is -2.20. The minimum absolute atomic E-state index is 0.0277. The van der Waals surface area contributed by atoms with Crippen LogP contribution in [0.4, 0.5) is 0 Å². The summed E-state index contributed by atoms with van der Waals surface area (Å²) in [4.78, 5) is 14.2. The van der Waals surface area contributed by atoms with Crippen LogP contribution < -0.4 is 0 Å². The lowest BCUT2D eigenvalue weighted by atomic mass is 10.1. The molecule has 29 heavy (non-hydrogen) atoms. The summed E-state index contributed by atoms with van der Waals surface area (Å²) in [5, 5.41) is 0. The number of allylic oxidation sites excluding steroid dienone is 2. The fourth-order valence-electron chi connectivity index (χ4n) is 3.93. The van der Waals surface area contributed by atoms with Gasteiger partial charge in [0.1, 0.15) is 0 Å². The largest absolute Gasteiger partial charge is 0.465 e. The predicted molar refractivity (Wildman–Crippen MR) is 125 cm³/mol. The first-order valence-corrected chi connectivity index (χ1v) is 12.7. The molecule has 0 aromatic heterocycles. The number of carbonyl (C=O) groups is 1. The average molecular weight is 407 g/mol. The van der Waals surface area contributed by atoms with Crippen LogP contribution in [0, 0.1) is 6.42 Å². The zero-order valence-electron chi connectivity index (χ0n) is 19.3. The van der Waals surface area contributed by atoms with Crippen LogP contribution in [-0.2, 0) is 9.53 Å². The zero-order valence-corrected chi connectivity index (χ0v) is 19.3. The van der Waals surface area contributed by atoms with Gasteiger partial charge in [-0.2, -0.15) is 0 Å². The van der Waals surface area contributed by atoms with Gasteiger partial charge < -0.3 is 9.64 Å². The van der Waals surface area contributed by atoms with Crippen LogP contribution >= 0.6 is 0 Å². The highest BCUT2D eigenvalue weighted by Gasteiger charge is 2.10. The Kier molecular flexibility index (Phi) is 18.5. The molecule has 0 bridgehead atoms. The highest BCUT2D eigenvalue weighted by atomic mass is 16.5. The second-order valence-corrected chi connectivity index (χ2v) is 8.64. The van der Waals surface area contributed by atoms with Crippen molar-refractivity contribution in [2.75, 3.05) is 26.2 Å². The molecule has 0 spiro atoms. The van der Waals surface area contributed by atoms with Gasteiger partial charge in [-0.15, -0.1) is 0 Å². The van der Waals surface area contributed by atoms with E-state index < -0.39 is 0 Å². The molecule has 1 aliphatic heterocycles. The van der Waals surface area contributed by atoms with E-state index in [1.54, 1.807) is 0 Å². The first-order valence-electron chi connectivity index (χ1n) is 12.7. The molecule has 0 aliphatic carbocycles. The molecule has 1 radical (unpaired) electrons. The Morgan fingerprint density at radius 2 is 1.38 bits per heavy atom. The number of hydrogen-bond acceptors (Lipinski definition) is 3. The highest BCUT2D eigenvalue weighted by molar-refractivity contribution is 5.69. The van der Waals surface area contributed by atoms with Crippen molar-refractivity contribution < 1.29 is 9.53 Å². The second kappa shape index (κ2) is 20.4. The standard InChI is InChI=1S/C26H48NO2/c1-2-3-4-5-6-7-8-9-10-11-12-13-14-15-16-21-26(28)29-25-20-19-24-27-22-17-18-23-27/h9-10,20H,2-8,11-19,21-25H2,1H3/b10-9-. The minimum atomic E-state index is -0.0277. The van der Waals surface area contributed by atoms with E-state index in [0.717, 1.165) is 25.8 Å². The molecule has 0 aromatic carbocycles. The Morgan fingerprint density at radius 1 is 0.793 bits per heavy atom. The van der Waals surface area contributed by atoms with Crippen molar-refractivity contribution in [1.82, 2.24) is 4.90 Å². The summed E-state index contributed by atoms with van der Waals surface area (Å²) in [5.41, 5.74) is 0. The molecule has 1 aliphatic rings. The summed E-state index contributed by atoms with van der Waals surface area (Å²) in [5.74, 6) is -0.0277. The van der Waals surface area contributed by atoms with Gasteiger partial charge in [0, 0.05) is 12.8 Å². The van der Waals surface area contributed by atoms with Crippen molar-refractivity contribution in [2.45, 2.75) is 116 Å². The zero-order chi connectivity index (χ0) is 20.8. The van der Waals surface area contributed by atoms with Crippen molar-refractivity contribution in [3.8, 4) is 0 Å². The molecular weight excluding hydrogens is 358 g/mol. The lowest BCUT2D eigenvalue weighted by Gasteiger charge is -2.13. The van der Waals surface area contributed by atoms with Gasteiger partial charge in [0.15, 0.2) is 0 Å². The van der Waals surface area contributed by atoms with E-state index in [0.29, 0.717) is 13.0 Å². The summed E-state index contributed by atoms with van der Waals surface area (Å²) in [6, 6.07) is 0. The fourth-order valence-corrected chi connectivity index (χ4v) is 3.93. The predicted octanol–water partition coefficient (Wildman–Crippen LogP) is 7.26. The lowest BCUT2D eigenvalue weighted by molar-refractivity contribution is -0.142. The SMILES string of the molecule is CCCCCCCC/C=C\CCCCCCCC(=O)OC[CH]CCN1CCCC1. The number of esters is 1. The van der Waals surface area contributed by atoms with Crippen molar-refractivity contribution in [1.29, 1.82) is 0 Å². The maximum absolute atomic E-state index is 11.7. The van der Waals surface area contributed by atoms with Crippen LogP contribution in [0.1, 0.15) is 116 Å². The van der Waals surface area contributed by atoms with Crippen molar-refractivity contribution >= 4 is 5.97 Å². The summed E-state index contributed by atoms with van der Waals surface area (Å²) in [6.45, 7) is 6.35. The van der Waals surface area contributed by atoms with Gasteiger partial charge in [0.05, 0.1) is 6.61 Å². The molecule has 3 nitrogen and oxygen atoms in total. The van der Waals surface area contributed by atoms with Crippen LogP contribution in [0.3, 0.4) is 0 Å². The molecule has 0 saturated carbocycles. The van der Waals surface area contributed by atoms with Gasteiger partial charge in [0.25, 0.3) is 0 Å². The second-order valence-electron chi connectivity index (χ2n) is 8.64. The average Bonchev–Trinajstić information content (AvgIpc) is 3.24. The minimum Gasteiger partial charge on any atom is -0.465 e. The topological polar surface area (TPSA) is 29.5 Å². The van der Waals surface area contributed by atoms with Crippen LogP contribution in [0.25, 0.3) is 0 Å². The van der Waals surface area contributed by atoms with E-state index in [2.05, 4.69) is 30.4 Å². The summed E-state index contributed by atoms with van der Waals surface area (Å²) < 4.78 is 5.30. The molecule has 0 amide bonds. The molecule has 0 aromatic rings. The Morgan fingerprint density at radius 3 is 2.03 bits per heavy atom. The Balaban J connectivity index is 1.74. The third-order valence-electron chi connectivity index (χ3n) is 5.85. The first-order chi connectivity index (χ1) is 14.3. The van der Waals surface area contributed by atoms with E-state index in [-0.39, 0.29) is 5.97 Å². The van der Waals surface area contributed by atoms with Gasteiger partial charge >= 0.3 is 5.97 Å². The number of hydrogen-bond donors (Lipinski definition) is 0. The van der Waals surface area contributed by atoms with Crippen LogP contribution in [0.2, 0.25) is 0 Å². The molecule has 3 heteroatoms. The van der Waals surface area contributed by atoms with E-state index in [4.69, 9.17) is 4.74 Å². The van der Waals surface area contributed by atoms with Crippen LogP contribution in [0.15, 0.2) is 12.2 Å².